The van der Waals surface area contributed by atoms with Crippen molar-refractivity contribution in [1.82, 2.24) is 0 Å². The van der Waals surface area contributed by atoms with Gasteiger partial charge < -0.3 is 39.4 Å². The largest absolute Gasteiger partial charge is 0.366 e. The van der Waals surface area contributed by atoms with Crippen LogP contribution in [-0.2, 0) is 18.9 Å². The fourth-order valence-corrected chi connectivity index (χ4v) is 2.81. The molecule has 0 radical (unpaired) electrons. The van der Waals surface area contributed by atoms with Crippen molar-refractivity contribution < 1.29 is 39.4 Å². The minimum absolute atomic E-state index is 0.159. The number of alkyl halides is 8. The molecular formula is C13H20Br8O8. The van der Waals surface area contributed by atoms with Gasteiger partial charge in [-0.05, 0) is 0 Å². The van der Waals surface area contributed by atoms with Crippen LogP contribution in [0.1, 0.15) is 0 Å². The summed E-state index contributed by atoms with van der Waals surface area (Å²) in [6.07, 6.45) is -4.91. The van der Waals surface area contributed by atoms with E-state index < -0.39 is 45.5 Å². The van der Waals surface area contributed by atoms with Gasteiger partial charge in [0.1, 0.15) is 14.9 Å². The second-order valence-electron chi connectivity index (χ2n) is 5.64. The maximum Gasteiger partial charge on any atom is 0.177 e. The van der Waals surface area contributed by atoms with E-state index in [4.69, 9.17) is 18.9 Å². The number of aliphatic hydroxyl groups excluding tert-OH is 4. The molecule has 0 aromatic heterocycles. The Morgan fingerprint density at radius 2 is 0.621 bits per heavy atom. The zero-order chi connectivity index (χ0) is 22.8. The molecule has 0 aliphatic heterocycles. The van der Waals surface area contributed by atoms with E-state index in [-0.39, 0.29) is 26.4 Å². The first-order valence-electron chi connectivity index (χ1n) is 7.62. The predicted octanol–water partition coefficient (Wildman–Crippen LogP) is 3.78. The molecule has 0 aliphatic carbocycles. The van der Waals surface area contributed by atoms with E-state index in [2.05, 4.69) is 127 Å². The number of halogens is 8. The highest BCUT2D eigenvalue weighted by Crippen LogP contribution is 2.28. The van der Waals surface area contributed by atoms with E-state index in [1.165, 1.54) is 0 Å². The Labute approximate surface area is 236 Å². The molecule has 29 heavy (non-hydrogen) atoms. The molecule has 0 aromatic rings. The topological polar surface area (TPSA) is 118 Å². The lowest BCUT2D eigenvalue weighted by molar-refractivity contribution is -0.215. The van der Waals surface area contributed by atoms with Crippen molar-refractivity contribution in [3.05, 3.63) is 0 Å². The van der Waals surface area contributed by atoms with E-state index in [9.17, 15) is 20.4 Å². The fourth-order valence-electron chi connectivity index (χ4n) is 1.59. The molecule has 176 valence electrons. The van der Waals surface area contributed by atoms with Crippen LogP contribution >= 0.6 is 127 Å². The van der Waals surface area contributed by atoms with Crippen molar-refractivity contribution in [3.8, 4) is 0 Å². The molecule has 0 aliphatic rings. The molecule has 0 heterocycles. The third-order valence-corrected chi connectivity index (χ3v) is 6.72. The van der Waals surface area contributed by atoms with Gasteiger partial charge in [-0.3, -0.25) is 0 Å². The third-order valence-electron chi connectivity index (χ3n) is 3.10. The maximum absolute atomic E-state index is 9.96. The summed E-state index contributed by atoms with van der Waals surface area (Å²) in [7, 11) is 0. The molecule has 0 aromatic carbocycles. The highest BCUT2D eigenvalue weighted by atomic mass is 79.9. The van der Waals surface area contributed by atoms with Crippen molar-refractivity contribution in [2.75, 3.05) is 26.4 Å². The zero-order valence-corrected chi connectivity index (χ0v) is 27.1. The fraction of sp³-hybridized carbons (Fsp3) is 1.00. The van der Waals surface area contributed by atoms with E-state index in [0.717, 1.165) is 0 Å². The molecular weight excluding hydrogens is 923 g/mol. The first-order chi connectivity index (χ1) is 13.3. The molecule has 0 amide bonds. The van der Waals surface area contributed by atoms with Crippen LogP contribution in [0, 0.1) is 5.41 Å². The van der Waals surface area contributed by atoms with Crippen LogP contribution in [-0.4, -0.2) is 87.0 Å². The summed E-state index contributed by atoms with van der Waals surface area (Å²) in [5.41, 5.74) is -1.13. The van der Waals surface area contributed by atoms with Crippen LogP contribution in [0.25, 0.3) is 0 Å². The molecule has 0 bridgehead atoms. The Morgan fingerprint density at radius 1 is 0.448 bits per heavy atom. The predicted molar refractivity (Wildman–Crippen MR) is 137 cm³/mol. The summed E-state index contributed by atoms with van der Waals surface area (Å²) in [5, 5.41) is 39.8. The molecule has 4 N–H and O–H groups in total. The van der Waals surface area contributed by atoms with Crippen molar-refractivity contribution >= 4 is 127 Å². The zero-order valence-electron chi connectivity index (χ0n) is 14.4. The van der Waals surface area contributed by atoms with Crippen LogP contribution in [0.2, 0.25) is 0 Å². The van der Waals surface area contributed by atoms with Crippen LogP contribution in [0.5, 0.6) is 0 Å². The molecule has 0 spiro atoms. The minimum Gasteiger partial charge on any atom is -0.366 e. The Bertz CT molecular complexity index is 356. The quantitative estimate of drug-likeness (QED) is 0.137. The first-order valence-corrected chi connectivity index (χ1v) is 14.9. The van der Waals surface area contributed by atoms with Crippen LogP contribution in [0.4, 0.5) is 0 Å². The number of rotatable bonds is 16. The van der Waals surface area contributed by atoms with Gasteiger partial charge in [0, 0.05) is 0 Å². The van der Waals surface area contributed by atoms with Crippen molar-refractivity contribution in [2.45, 2.75) is 40.1 Å². The van der Waals surface area contributed by atoms with Gasteiger partial charge in [-0.15, -0.1) is 0 Å². The number of hydrogen-bond acceptors (Lipinski definition) is 8. The molecule has 0 saturated heterocycles. The van der Waals surface area contributed by atoms with Crippen LogP contribution < -0.4 is 0 Å². The van der Waals surface area contributed by atoms with Crippen molar-refractivity contribution in [3.63, 3.8) is 0 Å². The summed E-state index contributed by atoms with van der Waals surface area (Å²) >= 11 is 25.1. The van der Waals surface area contributed by atoms with Gasteiger partial charge in [-0.25, -0.2) is 0 Å². The third kappa shape index (κ3) is 14.5. The lowest BCUT2D eigenvalue weighted by Gasteiger charge is -2.36. The van der Waals surface area contributed by atoms with Gasteiger partial charge in [-0.2, -0.15) is 0 Å². The number of aliphatic hydroxyl groups is 4. The second kappa shape index (κ2) is 17.0. The second-order valence-corrected chi connectivity index (χ2v) is 18.5. The Morgan fingerprint density at radius 3 is 0.759 bits per heavy atom. The van der Waals surface area contributed by atoms with Crippen molar-refractivity contribution in [1.29, 1.82) is 0 Å². The van der Waals surface area contributed by atoms with Crippen LogP contribution in [0.15, 0.2) is 0 Å². The normalized spacial score (nSPS) is 19.0. The summed E-state index contributed by atoms with van der Waals surface area (Å²) in [6.45, 7) is -0.636. The standard InChI is InChI=1S/C13H20Br8O8/c14-5(15)9(22)26-1-13(2-27-10(23)6(16)17,3-28-11(24)7(18)19)4-29-12(25)8(20)21/h5-12,22-25H,1-4H2. The van der Waals surface area contributed by atoms with Gasteiger partial charge in [0.05, 0.1) is 31.8 Å². The Balaban J connectivity index is 5.47. The average Bonchev–Trinajstić information content (AvgIpc) is 2.64. The molecule has 16 heteroatoms. The molecule has 4 atom stereocenters. The Hall–Kier alpha value is 3.52. The number of ether oxygens (including phenoxy) is 4. The lowest BCUT2D eigenvalue weighted by atomic mass is 9.92. The van der Waals surface area contributed by atoms with Gasteiger partial charge >= 0.3 is 0 Å². The van der Waals surface area contributed by atoms with Gasteiger partial charge in [0.25, 0.3) is 0 Å². The minimum atomic E-state index is -1.23. The molecule has 0 fully saturated rings. The Kier molecular flexibility index (Phi) is 19.1. The summed E-state index contributed by atoms with van der Waals surface area (Å²) in [4.78, 5) is 0. The van der Waals surface area contributed by atoms with Gasteiger partial charge in [0.2, 0.25) is 0 Å². The van der Waals surface area contributed by atoms with Crippen molar-refractivity contribution in [2.24, 2.45) is 5.41 Å². The van der Waals surface area contributed by atoms with E-state index in [1.807, 2.05) is 0 Å². The summed E-state index contributed by atoms with van der Waals surface area (Å²) in [6, 6.07) is 0. The molecule has 0 rings (SSSR count). The van der Waals surface area contributed by atoms with Crippen LogP contribution in [0.3, 0.4) is 0 Å². The van der Waals surface area contributed by atoms with E-state index in [1.54, 1.807) is 0 Å². The first kappa shape index (κ1) is 32.5. The highest BCUT2D eigenvalue weighted by Gasteiger charge is 2.37. The molecule has 4 unspecified atom stereocenters. The summed E-state index contributed by atoms with van der Waals surface area (Å²) < 4.78 is 19.6. The summed E-state index contributed by atoms with van der Waals surface area (Å²) in [5.74, 6) is 0. The monoisotopic (exact) mass is 935 g/mol. The average molecular weight is 944 g/mol. The lowest BCUT2D eigenvalue weighted by Crippen LogP contribution is -2.46. The van der Waals surface area contributed by atoms with Gasteiger partial charge in [0.15, 0.2) is 25.2 Å². The van der Waals surface area contributed by atoms with Gasteiger partial charge in [-0.1, -0.05) is 127 Å². The highest BCUT2D eigenvalue weighted by molar-refractivity contribution is 9.25. The SMILES string of the molecule is OC(OCC(COC(O)C(Br)Br)(COC(O)C(Br)Br)COC(O)C(Br)Br)C(Br)Br. The van der Waals surface area contributed by atoms with E-state index >= 15 is 0 Å². The smallest absolute Gasteiger partial charge is 0.177 e. The maximum atomic E-state index is 9.96. The molecule has 0 saturated carbocycles. The number of hydrogen-bond donors (Lipinski definition) is 4. The molecule has 8 nitrogen and oxygen atoms in total. The van der Waals surface area contributed by atoms with E-state index in [0.29, 0.717) is 0 Å².